The third-order valence-corrected chi connectivity index (χ3v) is 4.26. The van der Waals surface area contributed by atoms with Crippen molar-refractivity contribution in [2.24, 2.45) is 0 Å². The first-order valence-electron chi connectivity index (χ1n) is 7.86. The van der Waals surface area contributed by atoms with E-state index in [1.165, 1.54) is 24.1 Å². The Labute approximate surface area is 123 Å². The third-order valence-electron chi connectivity index (χ3n) is 4.26. The Bertz CT molecular complexity index is 433. The molecule has 3 nitrogen and oxygen atoms in total. The van der Waals surface area contributed by atoms with Crippen LogP contribution >= 0.6 is 0 Å². The molecule has 1 saturated heterocycles. The van der Waals surface area contributed by atoms with Gasteiger partial charge in [-0.3, -0.25) is 0 Å². The van der Waals surface area contributed by atoms with Gasteiger partial charge >= 0.3 is 0 Å². The molecule has 20 heavy (non-hydrogen) atoms. The fourth-order valence-electron chi connectivity index (χ4n) is 3.15. The summed E-state index contributed by atoms with van der Waals surface area (Å²) in [5.74, 6) is 0.998. The third kappa shape index (κ3) is 3.09. The Morgan fingerprint density at radius 2 is 2.25 bits per heavy atom. The molecule has 1 N–H and O–H groups in total. The minimum atomic E-state index is 0.314. The highest BCUT2D eigenvalue weighted by molar-refractivity contribution is 5.61. The van der Waals surface area contributed by atoms with Crippen LogP contribution in [0.5, 0.6) is 5.75 Å². The summed E-state index contributed by atoms with van der Waals surface area (Å²) in [5.41, 5.74) is 2.64. The first-order valence-corrected chi connectivity index (χ1v) is 7.86. The van der Waals surface area contributed by atoms with E-state index in [0.717, 1.165) is 25.3 Å². The standard InChI is InChI=1S/C17H28N2O/c1-5-11-18-14(3)17-15(9-6-10-16(17)20-4)19-12-7-8-13(19)2/h6,9-10,13-14,18H,5,7-8,11-12H2,1-4H3. The highest BCUT2D eigenvalue weighted by Crippen LogP contribution is 2.37. The summed E-state index contributed by atoms with van der Waals surface area (Å²) in [7, 11) is 1.77. The zero-order valence-electron chi connectivity index (χ0n) is 13.3. The molecule has 0 amide bonds. The molecular weight excluding hydrogens is 248 g/mol. The van der Waals surface area contributed by atoms with Gasteiger partial charge in [0.25, 0.3) is 0 Å². The van der Waals surface area contributed by atoms with Crippen molar-refractivity contribution >= 4 is 5.69 Å². The molecule has 1 aromatic carbocycles. The molecule has 1 aromatic rings. The van der Waals surface area contributed by atoms with Crippen molar-refractivity contribution in [1.82, 2.24) is 5.32 Å². The van der Waals surface area contributed by atoms with Crippen LogP contribution in [0.15, 0.2) is 18.2 Å². The van der Waals surface area contributed by atoms with Gasteiger partial charge in [-0.15, -0.1) is 0 Å². The van der Waals surface area contributed by atoms with Crippen LogP contribution in [0.2, 0.25) is 0 Å². The van der Waals surface area contributed by atoms with Gasteiger partial charge in [-0.2, -0.15) is 0 Å². The maximum absolute atomic E-state index is 5.62. The van der Waals surface area contributed by atoms with Crippen LogP contribution < -0.4 is 15.0 Å². The molecular formula is C17H28N2O. The molecule has 2 atom stereocenters. The van der Waals surface area contributed by atoms with Crippen LogP contribution in [-0.4, -0.2) is 26.2 Å². The number of anilines is 1. The van der Waals surface area contributed by atoms with Crippen molar-refractivity contribution in [2.45, 2.75) is 52.1 Å². The number of hydrogen-bond acceptors (Lipinski definition) is 3. The second-order valence-corrected chi connectivity index (χ2v) is 5.75. The van der Waals surface area contributed by atoms with Gasteiger partial charge in [0, 0.05) is 29.9 Å². The fraction of sp³-hybridized carbons (Fsp3) is 0.647. The number of hydrogen-bond donors (Lipinski definition) is 1. The number of nitrogens with one attached hydrogen (secondary N) is 1. The first-order chi connectivity index (χ1) is 9.69. The van der Waals surface area contributed by atoms with E-state index in [4.69, 9.17) is 4.74 Å². The number of benzene rings is 1. The van der Waals surface area contributed by atoms with E-state index in [9.17, 15) is 0 Å². The molecule has 0 aromatic heterocycles. The summed E-state index contributed by atoms with van der Waals surface area (Å²) < 4.78 is 5.62. The lowest BCUT2D eigenvalue weighted by Gasteiger charge is -2.30. The smallest absolute Gasteiger partial charge is 0.125 e. The zero-order valence-corrected chi connectivity index (χ0v) is 13.3. The molecule has 2 rings (SSSR count). The maximum atomic E-state index is 5.62. The van der Waals surface area contributed by atoms with Crippen LogP contribution in [0.1, 0.15) is 51.6 Å². The predicted octanol–water partition coefficient (Wildman–Crippen LogP) is 3.74. The molecule has 1 aliphatic rings. The Kier molecular flexibility index (Phi) is 5.30. The van der Waals surface area contributed by atoms with E-state index in [-0.39, 0.29) is 0 Å². The summed E-state index contributed by atoms with van der Waals surface area (Å²) in [6, 6.07) is 7.36. The van der Waals surface area contributed by atoms with Gasteiger partial charge in [0.1, 0.15) is 5.75 Å². The molecule has 1 aliphatic heterocycles. The lowest BCUT2D eigenvalue weighted by atomic mass is 10.0. The molecule has 0 spiro atoms. The van der Waals surface area contributed by atoms with Crippen molar-refractivity contribution in [2.75, 3.05) is 25.1 Å². The summed E-state index contributed by atoms with van der Waals surface area (Å²) in [4.78, 5) is 2.53. The topological polar surface area (TPSA) is 24.5 Å². The average Bonchev–Trinajstić information content (AvgIpc) is 2.89. The number of ether oxygens (including phenoxy) is 1. The fourth-order valence-corrected chi connectivity index (χ4v) is 3.15. The Hall–Kier alpha value is -1.22. The maximum Gasteiger partial charge on any atom is 0.125 e. The van der Waals surface area contributed by atoms with E-state index in [2.05, 4.69) is 49.2 Å². The Morgan fingerprint density at radius 1 is 1.45 bits per heavy atom. The van der Waals surface area contributed by atoms with Gasteiger partial charge < -0.3 is 15.0 Å². The highest BCUT2D eigenvalue weighted by atomic mass is 16.5. The van der Waals surface area contributed by atoms with E-state index >= 15 is 0 Å². The van der Waals surface area contributed by atoms with Crippen LogP contribution in [0, 0.1) is 0 Å². The van der Waals surface area contributed by atoms with Crippen LogP contribution in [0.3, 0.4) is 0 Å². The predicted molar refractivity (Wildman–Crippen MR) is 85.7 cm³/mol. The first kappa shape index (κ1) is 15.2. The van der Waals surface area contributed by atoms with E-state index in [1.54, 1.807) is 7.11 Å². The van der Waals surface area contributed by atoms with Crippen LogP contribution in [-0.2, 0) is 0 Å². The van der Waals surface area contributed by atoms with Gasteiger partial charge in [0.15, 0.2) is 0 Å². The van der Waals surface area contributed by atoms with Crippen LogP contribution in [0.4, 0.5) is 5.69 Å². The molecule has 112 valence electrons. The minimum Gasteiger partial charge on any atom is -0.496 e. The van der Waals surface area contributed by atoms with Gasteiger partial charge in [-0.1, -0.05) is 13.0 Å². The summed E-state index contributed by atoms with van der Waals surface area (Å²) in [5, 5.41) is 3.60. The Balaban J connectivity index is 2.35. The SMILES string of the molecule is CCCNC(C)c1c(OC)cccc1N1CCCC1C. The lowest BCUT2D eigenvalue weighted by Crippen LogP contribution is -2.29. The highest BCUT2D eigenvalue weighted by Gasteiger charge is 2.26. The summed E-state index contributed by atoms with van der Waals surface area (Å²) in [6.07, 6.45) is 3.72. The molecule has 3 heteroatoms. The molecule has 0 radical (unpaired) electrons. The molecule has 1 heterocycles. The molecule has 0 saturated carbocycles. The van der Waals surface area contributed by atoms with Crippen molar-refractivity contribution in [3.05, 3.63) is 23.8 Å². The van der Waals surface area contributed by atoms with Crippen molar-refractivity contribution < 1.29 is 4.74 Å². The Morgan fingerprint density at radius 3 is 2.85 bits per heavy atom. The summed E-state index contributed by atoms with van der Waals surface area (Å²) in [6.45, 7) is 8.94. The monoisotopic (exact) mass is 276 g/mol. The van der Waals surface area contributed by atoms with E-state index in [0.29, 0.717) is 12.1 Å². The summed E-state index contributed by atoms with van der Waals surface area (Å²) >= 11 is 0. The van der Waals surface area contributed by atoms with Crippen LogP contribution in [0.25, 0.3) is 0 Å². The molecule has 2 unspecified atom stereocenters. The van der Waals surface area contributed by atoms with Gasteiger partial charge in [0.2, 0.25) is 0 Å². The zero-order chi connectivity index (χ0) is 14.5. The lowest BCUT2D eigenvalue weighted by molar-refractivity contribution is 0.401. The number of rotatable bonds is 6. The second kappa shape index (κ2) is 6.98. The van der Waals surface area contributed by atoms with E-state index in [1.807, 2.05) is 0 Å². The normalized spacial score (nSPS) is 20.2. The van der Waals surface area contributed by atoms with E-state index < -0.39 is 0 Å². The number of methoxy groups -OCH3 is 1. The second-order valence-electron chi connectivity index (χ2n) is 5.75. The molecule has 0 aliphatic carbocycles. The molecule has 0 bridgehead atoms. The average molecular weight is 276 g/mol. The minimum absolute atomic E-state index is 0.314. The quantitative estimate of drug-likeness (QED) is 0.856. The van der Waals surface area contributed by atoms with Gasteiger partial charge in [-0.25, -0.2) is 0 Å². The number of nitrogens with zero attached hydrogens (tertiary/aromatic N) is 1. The van der Waals surface area contributed by atoms with Crippen molar-refractivity contribution in [1.29, 1.82) is 0 Å². The molecule has 1 fully saturated rings. The van der Waals surface area contributed by atoms with Crippen molar-refractivity contribution in [3.63, 3.8) is 0 Å². The van der Waals surface area contributed by atoms with Gasteiger partial charge in [0.05, 0.1) is 7.11 Å². The largest absolute Gasteiger partial charge is 0.496 e. The van der Waals surface area contributed by atoms with Gasteiger partial charge in [-0.05, 0) is 51.8 Å². The van der Waals surface area contributed by atoms with Crippen molar-refractivity contribution in [3.8, 4) is 5.75 Å².